The molecule has 11 heteroatoms. The molecule has 0 atom stereocenters. The van der Waals surface area contributed by atoms with Crippen LogP contribution in [-0.2, 0) is 19.1 Å². The van der Waals surface area contributed by atoms with Crippen molar-refractivity contribution in [1.82, 2.24) is 19.3 Å². The minimum absolute atomic E-state index is 0.345. The summed E-state index contributed by atoms with van der Waals surface area (Å²) in [5.74, 6) is 0.626. The molecule has 1 N–H and O–H groups in total. The van der Waals surface area contributed by atoms with Gasteiger partial charge in [0.05, 0.1) is 24.4 Å². The van der Waals surface area contributed by atoms with E-state index >= 15 is 0 Å². The van der Waals surface area contributed by atoms with Crippen molar-refractivity contribution in [3.05, 3.63) is 59.1 Å². The number of halogens is 3. The Hall–Kier alpha value is -3.26. The molecule has 0 radical (unpaired) electrons. The second kappa shape index (κ2) is 7.05. The minimum atomic E-state index is -4.58. The van der Waals surface area contributed by atoms with Crippen LogP contribution in [0.5, 0.6) is 0 Å². The second-order valence-electron chi connectivity index (χ2n) is 6.00. The molecule has 0 fully saturated rings. The van der Waals surface area contributed by atoms with Crippen LogP contribution in [0.4, 0.5) is 35.5 Å². The van der Waals surface area contributed by atoms with Gasteiger partial charge in [-0.05, 0) is 18.6 Å². The Balaban J connectivity index is 1.62. The number of alkyl halides is 3. The summed E-state index contributed by atoms with van der Waals surface area (Å²) in [6.07, 6.45) is -1.17. The Labute approximate surface area is 161 Å². The maximum absolute atomic E-state index is 13.3. The summed E-state index contributed by atoms with van der Waals surface area (Å²) in [6, 6.07) is 3.78. The van der Waals surface area contributed by atoms with Crippen LogP contribution in [0.15, 0.2) is 30.9 Å². The SMILES string of the molecule is [C-]#[N+]c1ccc(N2CCc3c(ncnc3Nc3ncns3)C2)cc1C(F)(F)F. The largest absolute Gasteiger partial charge is 0.407 e. The highest BCUT2D eigenvalue weighted by atomic mass is 32.1. The van der Waals surface area contributed by atoms with Crippen LogP contribution >= 0.6 is 11.5 Å². The molecular weight excluding hydrogens is 391 g/mol. The van der Waals surface area contributed by atoms with E-state index in [4.69, 9.17) is 6.57 Å². The third-order valence-electron chi connectivity index (χ3n) is 4.36. The summed E-state index contributed by atoms with van der Waals surface area (Å²) in [5, 5.41) is 3.71. The summed E-state index contributed by atoms with van der Waals surface area (Å²) in [6.45, 7) is 7.80. The molecule has 0 aliphatic carbocycles. The third kappa shape index (κ3) is 3.46. The van der Waals surface area contributed by atoms with Gasteiger partial charge in [0.2, 0.25) is 5.13 Å². The third-order valence-corrected chi connectivity index (χ3v) is 4.94. The average Bonchev–Trinajstić information content (AvgIpc) is 3.20. The molecule has 4 rings (SSSR count). The van der Waals surface area contributed by atoms with Gasteiger partial charge in [-0.25, -0.2) is 19.8 Å². The summed E-state index contributed by atoms with van der Waals surface area (Å²) in [4.78, 5) is 17.4. The topological polar surface area (TPSA) is 71.2 Å². The summed E-state index contributed by atoms with van der Waals surface area (Å²) in [5.41, 5.74) is 0.716. The van der Waals surface area contributed by atoms with E-state index in [2.05, 4.69) is 29.5 Å². The number of hydrogen-bond acceptors (Lipinski definition) is 7. The van der Waals surface area contributed by atoms with Gasteiger partial charge in [0, 0.05) is 29.3 Å². The molecule has 0 saturated carbocycles. The Morgan fingerprint density at radius 3 is 2.75 bits per heavy atom. The van der Waals surface area contributed by atoms with E-state index in [9.17, 15) is 13.2 Å². The van der Waals surface area contributed by atoms with Gasteiger partial charge in [-0.2, -0.15) is 17.5 Å². The van der Waals surface area contributed by atoms with Crippen LogP contribution in [0.3, 0.4) is 0 Å². The quantitative estimate of drug-likeness (QED) is 0.661. The molecule has 7 nitrogen and oxygen atoms in total. The van der Waals surface area contributed by atoms with E-state index in [1.54, 1.807) is 0 Å². The number of fused-ring (bicyclic) bond motifs is 1. The van der Waals surface area contributed by atoms with Crippen LogP contribution < -0.4 is 10.2 Å². The molecule has 142 valence electrons. The Bertz CT molecular complexity index is 1040. The molecule has 1 aliphatic heterocycles. The van der Waals surface area contributed by atoms with Gasteiger partial charge >= 0.3 is 6.18 Å². The minimum Gasteiger partial charge on any atom is -0.365 e. The summed E-state index contributed by atoms with van der Waals surface area (Å²) in [7, 11) is 0. The summed E-state index contributed by atoms with van der Waals surface area (Å²) < 4.78 is 43.7. The van der Waals surface area contributed by atoms with Crippen LogP contribution in [0.1, 0.15) is 16.8 Å². The average molecular weight is 403 g/mol. The van der Waals surface area contributed by atoms with Crippen molar-refractivity contribution in [1.29, 1.82) is 0 Å². The van der Waals surface area contributed by atoms with E-state index in [0.29, 0.717) is 36.1 Å². The Morgan fingerprint density at radius 1 is 1.18 bits per heavy atom. The van der Waals surface area contributed by atoms with E-state index < -0.39 is 17.4 Å². The first-order valence-electron chi connectivity index (χ1n) is 8.16. The lowest BCUT2D eigenvalue weighted by atomic mass is 10.0. The summed E-state index contributed by atoms with van der Waals surface area (Å²) >= 11 is 1.20. The van der Waals surface area contributed by atoms with E-state index in [-0.39, 0.29) is 0 Å². The van der Waals surface area contributed by atoms with Gasteiger partial charge < -0.3 is 10.2 Å². The lowest BCUT2D eigenvalue weighted by molar-refractivity contribution is -0.136. The molecule has 1 aromatic carbocycles. The molecule has 0 saturated heterocycles. The normalized spacial score (nSPS) is 13.7. The van der Waals surface area contributed by atoms with Gasteiger partial charge in [0.25, 0.3) is 0 Å². The first-order chi connectivity index (χ1) is 13.5. The van der Waals surface area contributed by atoms with Gasteiger partial charge in [-0.3, -0.25) is 0 Å². The molecule has 0 bridgehead atoms. The van der Waals surface area contributed by atoms with Crippen molar-refractivity contribution in [2.45, 2.75) is 19.1 Å². The van der Waals surface area contributed by atoms with Crippen molar-refractivity contribution in [2.24, 2.45) is 0 Å². The van der Waals surface area contributed by atoms with E-state index in [0.717, 1.165) is 17.3 Å². The number of anilines is 3. The molecule has 0 spiro atoms. The fraction of sp³-hybridized carbons (Fsp3) is 0.235. The van der Waals surface area contributed by atoms with Crippen LogP contribution in [0, 0.1) is 6.57 Å². The van der Waals surface area contributed by atoms with Crippen molar-refractivity contribution in [3.8, 4) is 0 Å². The standard InChI is InChI=1S/C17H12F3N7S/c1-21-13-3-2-10(6-12(13)17(18,19)20)27-5-4-11-14(7-27)22-8-23-15(11)26-16-24-9-25-28-16/h2-3,6,8-9H,4-5,7H2,(H,22,23,24,25,26). The van der Waals surface area contributed by atoms with Crippen LogP contribution in [0.25, 0.3) is 4.85 Å². The van der Waals surface area contributed by atoms with Crippen LogP contribution in [0.2, 0.25) is 0 Å². The Kier molecular flexibility index (Phi) is 4.56. The highest BCUT2D eigenvalue weighted by Gasteiger charge is 2.34. The number of rotatable bonds is 3. The Morgan fingerprint density at radius 2 is 2.04 bits per heavy atom. The molecule has 0 unspecified atom stereocenters. The first-order valence-corrected chi connectivity index (χ1v) is 8.93. The zero-order chi connectivity index (χ0) is 19.7. The first kappa shape index (κ1) is 18.1. The predicted octanol–water partition coefficient (Wildman–Crippen LogP) is 4.20. The lowest BCUT2D eigenvalue weighted by Crippen LogP contribution is -2.32. The van der Waals surface area contributed by atoms with Gasteiger partial charge in [-0.1, -0.05) is 6.07 Å². The van der Waals surface area contributed by atoms with Gasteiger partial charge in [0.15, 0.2) is 5.69 Å². The fourth-order valence-electron chi connectivity index (χ4n) is 3.06. The molecular formula is C17H12F3N7S. The zero-order valence-electron chi connectivity index (χ0n) is 14.2. The molecule has 1 aliphatic rings. The molecule has 3 heterocycles. The lowest BCUT2D eigenvalue weighted by Gasteiger charge is -2.31. The highest BCUT2D eigenvalue weighted by Crippen LogP contribution is 2.39. The number of nitrogens with one attached hydrogen (secondary N) is 1. The number of aromatic nitrogens is 4. The molecule has 28 heavy (non-hydrogen) atoms. The number of hydrogen-bond donors (Lipinski definition) is 1. The monoisotopic (exact) mass is 403 g/mol. The number of benzene rings is 1. The molecule has 3 aromatic rings. The van der Waals surface area contributed by atoms with Crippen LogP contribution in [-0.4, -0.2) is 25.9 Å². The van der Waals surface area contributed by atoms with Gasteiger partial charge in [0.1, 0.15) is 18.5 Å². The number of nitrogens with zero attached hydrogens (tertiary/aromatic N) is 6. The molecule has 0 amide bonds. The van der Waals surface area contributed by atoms with Crippen molar-refractivity contribution < 1.29 is 13.2 Å². The fourth-order valence-corrected chi connectivity index (χ4v) is 3.49. The van der Waals surface area contributed by atoms with Crippen molar-refractivity contribution in [2.75, 3.05) is 16.8 Å². The van der Waals surface area contributed by atoms with E-state index in [1.165, 1.54) is 36.3 Å². The zero-order valence-corrected chi connectivity index (χ0v) is 15.0. The molecule has 2 aromatic heterocycles. The van der Waals surface area contributed by atoms with Gasteiger partial charge in [-0.15, -0.1) is 0 Å². The maximum atomic E-state index is 13.3. The predicted molar refractivity (Wildman–Crippen MR) is 97.7 cm³/mol. The van der Waals surface area contributed by atoms with Crippen molar-refractivity contribution >= 4 is 33.9 Å². The highest BCUT2D eigenvalue weighted by molar-refractivity contribution is 7.09. The second-order valence-corrected chi connectivity index (χ2v) is 6.78. The van der Waals surface area contributed by atoms with E-state index in [1.807, 2.05) is 4.90 Å². The van der Waals surface area contributed by atoms with Crippen molar-refractivity contribution in [3.63, 3.8) is 0 Å². The maximum Gasteiger partial charge on any atom is 0.407 e. The smallest absolute Gasteiger partial charge is 0.365 e.